The van der Waals surface area contributed by atoms with E-state index < -0.39 is 0 Å². The van der Waals surface area contributed by atoms with Crippen molar-refractivity contribution in [3.63, 3.8) is 0 Å². The van der Waals surface area contributed by atoms with Crippen LogP contribution < -0.4 is 0 Å². The fraction of sp³-hybridized carbons (Fsp3) is 0.190. The number of rotatable bonds is 7. The lowest BCUT2D eigenvalue weighted by atomic mass is 10.1. The first kappa shape index (κ1) is 17.6. The number of nitrogens with zero attached hydrogens (tertiary/aromatic N) is 2. The highest BCUT2D eigenvalue weighted by molar-refractivity contribution is 6.31. The van der Waals surface area contributed by atoms with Gasteiger partial charge in [-0.25, -0.2) is 4.39 Å². The first-order chi connectivity index (χ1) is 12.2. The van der Waals surface area contributed by atoms with E-state index in [-0.39, 0.29) is 5.82 Å². The van der Waals surface area contributed by atoms with Crippen molar-refractivity contribution in [2.45, 2.75) is 19.5 Å². The highest BCUT2D eigenvalue weighted by Gasteiger charge is 2.13. The van der Waals surface area contributed by atoms with E-state index >= 15 is 0 Å². The van der Waals surface area contributed by atoms with Crippen molar-refractivity contribution in [2.24, 2.45) is 0 Å². The second-order valence-corrected chi connectivity index (χ2v) is 6.41. The molecular weight excluding hydrogens is 335 g/mol. The molecular formula is C21H20ClFN2. The van der Waals surface area contributed by atoms with Crippen LogP contribution in [0.2, 0.25) is 5.02 Å². The Morgan fingerprint density at radius 2 is 1.60 bits per heavy atom. The zero-order valence-electron chi connectivity index (χ0n) is 13.9. The van der Waals surface area contributed by atoms with Crippen LogP contribution in [0.3, 0.4) is 0 Å². The van der Waals surface area contributed by atoms with Crippen molar-refractivity contribution in [3.05, 3.63) is 101 Å². The van der Waals surface area contributed by atoms with E-state index in [1.54, 1.807) is 24.5 Å². The molecule has 0 unspecified atom stereocenters. The summed E-state index contributed by atoms with van der Waals surface area (Å²) < 4.78 is 14.2. The minimum absolute atomic E-state index is 0.257. The van der Waals surface area contributed by atoms with Crippen LogP contribution in [0.15, 0.2) is 73.1 Å². The minimum atomic E-state index is -0.257. The van der Waals surface area contributed by atoms with Crippen LogP contribution in [-0.2, 0) is 19.5 Å². The van der Waals surface area contributed by atoms with Gasteiger partial charge >= 0.3 is 0 Å². The molecule has 0 saturated heterocycles. The first-order valence-corrected chi connectivity index (χ1v) is 8.68. The Kier molecular flexibility index (Phi) is 6.15. The van der Waals surface area contributed by atoms with Gasteiger partial charge in [0, 0.05) is 42.6 Å². The maximum Gasteiger partial charge on any atom is 0.129 e. The van der Waals surface area contributed by atoms with Crippen LogP contribution in [0.5, 0.6) is 0 Å². The number of pyridine rings is 1. The molecule has 3 rings (SSSR count). The van der Waals surface area contributed by atoms with Gasteiger partial charge in [-0.05, 0) is 41.8 Å². The van der Waals surface area contributed by atoms with Gasteiger partial charge < -0.3 is 0 Å². The maximum atomic E-state index is 14.2. The molecule has 2 aromatic carbocycles. The lowest BCUT2D eigenvalue weighted by Gasteiger charge is -2.23. The SMILES string of the molecule is Fc1cccc(Cl)c1CN(CCc1ccccc1)Cc1ccncc1. The van der Waals surface area contributed by atoms with Crippen LogP contribution in [0.1, 0.15) is 16.7 Å². The molecule has 0 radical (unpaired) electrons. The Labute approximate surface area is 152 Å². The van der Waals surface area contributed by atoms with E-state index in [1.165, 1.54) is 11.6 Å². The summed E-state index contributed by atoms with van der Waals surface area (Å²) in [5.41, 5.74) is 2.96. The van der Waals surface area contributed by atoms with Crippen LogP contribution in [0.4, 0.5) is 4.39 Å². The quantitative estimate of drug-likeness (QED) is 0.585. The van der Waals surface area contributed by atoms with Crippen LogP contribution in [-0.4, -0.2) is 16.4 Å². The zero-order chi connectivity index (χ0) is 17.5. The van der Waals surface area contributed by atoms with Crippen LogP contribution in [0, 0.1) is 5.82 Å². The van der Waals surface area contributed by atoms with Gasteiger partial charge in [-0.3, -0.25) is 9.88 Å². The Hall–Kier alpha value is -2.23. The summed E-state index contributed by atoms with van der Waals surface area (Å²) in [6.45, 7) is 2.01. The number of hydrogen-bond acceptors (Lipinski definition) is 2. The van der Waals surface area contributed by atoms with Gasteiger partial charge in [-0.15, -0.1) is 0 Å². The molecule has 0 fully saturated rings. The smallest absolute Gasteiger partial charge is 0.129 e. The molecule has 2 nitrogen and oxygen atoms in total. The largest absolute Gasteiger partial charge is 0.294 e. The molecule has 0 bridgehead atoms. The molecule has 1 heterocycles. The van der Waals surface area contributed by atoms with Gasteiger partial charge in [0.1, 0.15) is 5.82 Å². The van der Waals surface area contributed by atoms with Gasteiger partial charge in [-0.2, -0.15) is 0 Å². The zero-order valence-corrected chi connectivity index (χ0v) is 14.7. The third-order valence-electron chi connectivity index (χ3n) is 4.16. The highest BCUT2D eigenvalue weighted by atomic mass is 35.5. The predicted molar refractivity (Wildman–Crippen MR) is 99.9 cm³/mol. The molecule has 0 aliphatic carbocycles. The molecule has 0 aliphatic heterocycles. The highest BCUT2D eigenvalue weighted by Crippen LogP contribution is 2.22. The van der Waals surface area contributed by atoms with E-state index in [4.69, 9.17) is 11.6 Å². The van der Waals surface area contributed by atoms with Crippen molar-refractivity contribution >= 4 is 11.6 Å². The summed E-state index contributed by atoms with van der Waals surface area (Å²) in [7, 11) is 0. The Balaban J connectivity index is 1.76. The summed E-state index contributed by atoms with van der Waals surface area (Å²) in [6.07, 6.45) is 4.46. The number of halogens is 2. The van der Waals surface area contributed by atoms with Crippen LogP contribution >= 0.6 is 11.6 Å². The molecule has 25 heavy (non-hydrogen) atoms. The maximum absolute atomic E-state index is 14.2. The molecule has 0 atom stereocenters. The third-order valence-corrected chi connectivity index (χ3v) is 4.51. The Morgan fingerprint density at radius 3 is 2.32 bits per heavy atom. The standard InChI is InChI=1S/C21H20ClFN2/c22-20-7-4-8-21(23)19(20)16-25(15-18-9-12-24-13-10-18)14-11-17-5-2-1-3-6-17/h1-10,12-13H,11,14-16H2. The normalized spacial score (nSPS) is 11.0. The molecule has 0 spiro atoms. The van der Waals surface area contributed by atoms with Gasteiger partial charge in [0.15, 0.2) is 0 Å². The van der Waals surface area contributed by atoms with Gasteiger partial charge in [0.2, 0.25) is 0 Å². The van der Waals surface area contributed by atoms with Crippen LogP contribution in [0.25, 0.3) is 0 Å². The number of hydrogen-bond donors (Lipinski definition) is 0. The summed E-state index contributed by atoms with van der Waals surface area (Å²) in [4.78, 5) is 6.27. The van der Waals surface area contributed by atoms with Gasteiger partial charge in [0.25, 0.3) is 0 Å². The van der Waals surface area contributed by atoms with E-state index in [2.05, 4.69) is 22.0 Å². The Bertz CT molecular complexity index is 773. The fourth-order valence-electron chi connectivity index (χ4n) is 2.80. The average molecular weight is 355 g/mol. The fourth-order valence-corrected chi connectivity index (χ4v) is 3.02. The van der Waals surface area contributed by atoms with Crippen molar-refractivity contribution in [3.8, 4) is 0 Å². The summed E-state index contributed by atoms with van der Waals surface area (Å²) in [6, 6.07) is 19.1. The second-order valence-electron chi connectivity index (χ2n) is 6.00. The molecule has 0 N–H and O–H groups in total. The van der Waals surface area contributed by atoms with E-state index in [1.807, 2.05) is 30.3 Å². The third kappa shape index (κ3) is 5.12. The molecule has 128 valence electrons. The topological polar surface area (TPSA) is 16.1 Å². The summed E-state index contributed by atoms with van der Waals surface area (Å²) >= 11 is 6.22. The van der Waals surface area contributed by atoms with Crippen molar-refractivity contribution < 1.29 is 4.39 Å². The monoisotopic (exact) mass is 354 g/mol. The van der Waals surface area contributed by atoms with Crippen molar-refractivity contribution in [1.29, 1.82) is 0 Å². The van der Waals surface area contributed by atoms with Gasteiger partial charge in [0.05, 0.1) is 0 Å². The van der Waals surface area contributed by atoms with Crippen molar-refractivity contribution in [2.75, 3.05) is 6.54 Å². The van der Waals surface area contributed by atoms with E-state index in [9.17, 15) is 4.39 Å². The molecule has 1 aromatic heterocycles. The minimum Gasteiger partial charge on any atom is -0.294 e. The summed E-state index contributed by atoms with van der Waals surface area (Å²) in [5, 5.41) is 0.472. The molecule has 0 amide bonds. The molecule has 4 heteroatoms. The molecule has 3 aromatic rings. The average Bonchev–Trinajstić information content (AvgIpc) is 2.64. The second kappa shape index (κ2) is 8.75. The van der Waals surface area contributed by atoms with E-state index in [0.717, 1.165) is 25.1 Å². The lowest BCUT2D eigenvalue weighted by molar-refractivity contribution is 0.256. The van der Waals surface area contributed by atoms with Crippen molar-refractivity contribution in [1.82, 2.24) is 9.88 Å². The number of benzene rings is 2. The molecule has 0 saturated carbocycles. The first-order valence-electron chi connectivity index (χ1n) is 8.30. The molecule has 0 aliphatic rings. The van der Waals surface area contributed by atoms with Gasteiger partial charge in [-0.1, -0.05) is 48.0 Å². The van der Waals surface area contributed by atoms with E-state index in [0.29, 0.717) is 17.1 Å². The lowest BCUT2D eigenvalue weighted by Crippen LogP contribution is -2.26. The number of aromatic nitrogens is 1. The summed E-state index contributed by atoms with van der Waals surface area (Å²) in [5.74, 6) is -0.257. The predicted octanol–water partition coefficient (Wildman–Crippen LogP) is 5.12. The Morgan fingerprint density at radius 1 is 0.840 bits per heavy atom.